The van der Waals surface area contributed by atoms with Crippen molar-refractivity contribution in [3.8, 4) is 0 Å². The lowest BCUT2D eigenvalue weighted by molar-refractivity contribution is -0.148. The maximum absolute atomic E-state index is 14.3. The third-order valence-electron chi connectivity index (χ3n) is 8.89. The lowest BCUT2D eigenvalue weighted by atomic mass is 9.69. The number of nitrogens with one attached hydrogen (secondary N) is 4. The predicted molar refractivity (Wildman–Crippen MR) is 181 cm³/mol. The van der Waals surface area contributed by atoms with Crippen LogP contribution < -0.4 is 21.3 Å². The molecule has 1 saturated heterocycles. The predicted octanol–water partition coefficient (Wildman–Crippen LogP) is 3.03. The van der Waals surface area contributed by atoms with Gasteiger partial charge in [-0.2, -0.15) is 0 Å². The number of ether oxygens (including phenoxy) is 1. The first-order valence-electron chi connectivity index (χ1n) is 16.6. The number of carbonyl (C=O) groups is 6. The summed E-state index contributed by atoms with van der Waals surface area (Å²) in [5, 5.41) is 10.6. The van der Waals surface area contributed by atoms with Crippen molar-refractivity contribution in [1.29, 1.82) is 0 Å². The van der Waals surface area contributed by atoms with Crippen LogP contribution in [0.25, 0.3) is 0 Å². The molecule has 0 aromatic heterocycles. The van der Waals surface area contributed by atoms with E-state index in [0.717, 1.165) is 11.1 Å². The zero-order valence-electron chi connectivity index (χ0n) is 29.0. The maximum atomic E-state index is 14.3. The van der Waals surface area contributed by atoms with Gasteiger partial charge in [0.05, 0.1) is 6.04 Å². The minimum absolute atomic E-state index is 0.0472. The van der Waals surface area contributed by atoms with Crippen LogP contribution in [0, 0.1) is 23.2 Å². The number of Topliss-reactive ketones (excluding diaryl/α,β-unsaturated/α-hetero) is 1. The van der Waals surface area contributed by atoms with E-state index < -0.39 is 65.1 Å². The number of fused-ring (bicyclic) bond motifs is 1. The van der Waals surface area contributed by atoms with Crippen LogP contribution in [0.15, 0.2) is 55.1 Å². The molecular formula is C36H51N5O7. The first-order chi connectivity index (χ1) is 22.6. The Hall–Kier alpha value is -4.48. The first kappa shape index (κ1) is 38.0. The summed E-state index contributed by atoms with van der Waals surface area (Å²) in [4.78, 5) is 81.3. The summed E-state index contributed by atoms with van der Waals surface area (Å²) in [5.74, 6) is -3.86. The molecule has 0 bridgehead atoms. The molecular weight excluding hydrogens is 614 g/mol. The third kappa shape index (κ3) is 9.32. The van der Waals surface area contributed by atoms with E-state index in [4.69, 9.17) is 4.74 Å². The zero-order chi connectivity index (χ0) is 35.8. The fourth-order valence-corrected chi connectivity index (χ4v) is 6.12. The summed E-state index contributed by atoms with van der Waals surface area (Å²) in [5.41, 5.74) is 0.933. The highest BCUT2D eigenvalue weighted by atomic mass is 16.5. The maximum Gasteiger partial charge on any atom is 0.329 e. The minimum Gasteiger partial charge on any atom is -0.459 e. The van der Waals surface area contributed by atoms with Gasteiger partial charge in [0.15, 0.2) is 0 Å². The molecule has 3 rings (SSSR count). The van der Waals surface area contributed by atoms with Crippen molar-refractivity contribution in [2.24, 2.45) is 23.2 Å². The number of amides is 5. The number of likely N-dealkylation sites (tertiary alicyclic amines) is 1. The number of hydrogen-bond acceptors (Lipinski definition) is 7. The second kappa shape index (κ2) is 16.6. The molecule has 6 atom stereocenters. The standard InChI is InChI=1S/C36H51N5O7/c1-9-14-26(29(42)32(44)37-17-10-2)38-31(43)28-24-18-22(5)25(24)19-41(28)33(45)30(36(6,7)8)40-35(47)39-27(21(3)4)34(46)48-20-23-15-12-11-13-16-23/h10-13,15-16,21,24-28,30H,2,5,9,14,17-20H2,1,3-4,6-8H3,(H,37,44)(H,38,43)(H2,39,40,47)/t24-,25+,26?,27-,28-,30+/m0/s1. The molecule has 12 heteroatoms. The number of urea groups is 1. The van der Waals surface area contributed by atoms with Gasteiger partial charge >= 0.3 is 12.0 Å². The molecule has 1 aromatic carbocycles. The topological polar surface area (TPSA) is 163 Å². The van der Waals surface area contributed by atoms with Gasteiger partial charge in [-0.3, -0.25) is 19.2 Å². The summed E-state index contributed by atoms with van der Waals surface area (Å²) in [7, 11) is 0. The average Bonchev–Trinajstić information content (AvgIpc) is 3.35. The van der Waals surface area contributed by atoms with Crippen molar-refractivity contribution in [3.63, 3.8) is 0 Å². The summed E-state index contributed by atoms with van der Waals surface area (Å²) in [6.45, 7) is 18.8. The number of nitrogens with zero attached hydrogens (tertiary/aromatic N) is 1. The van der Waals surface area contributed by atoms with Gasteiger partial charge in [0, 0.05) is 24.9 Å². The highest BCUT2D eigenvalue weighted by molar-refractivity contribution is 6.38. The number of rotatable bonds is 15. The minimum atomic E-state index is -1.08. The van der Waals surface area contributed by atoms with E-state index in [2.05, 4.69) is 34.4 Å². The van der Waals surface area contributed by atoms with Crippen molar-refractivity contribution in [3.05, 3.63) is 60.7 Å². The largest absolute Gasteiger partial charge is 0.459 e. The summed E-state index contributed by atoms with van der Waals surface area (Å²) in [6.07, 6.45) is 2.76. The SMILES string of the molecule is C=CCNC(=O)C(=O)C(CCC)NC(=O)[C@@H]1[C@H]2CC(=C)[C@H]2CN1C(=O)[C@@H](NC(=O)N[C@H](C(=O)OCc1ccccc1)C(C)C)C(C)(C)C. The van der Waals surface area contributed by atoms with Crippen LogP contribution in [0.3, 0.4) is 0 Å². The van der Waals surface area contributed by atoms with Crippen LogP contribution in [0.2, 0.25) is 0 Å². The molecule has 1 unspecified atom stereocenters. The van der Waals surface area contributed by atoms with Gasteiger partial charge < -0.3 is 30.9 Å². The number of carbonyl (C=O) groups excluding carboxylic acids is 6. The molecule has 2 aliphatic rings. The van der Waals surface area contributed by atoms with E-state index >= 15 is 0 Å². The van der Waals surface area contributed by atoms with E-state index in [0.29, 0.717) is 12.8 Å². The van der Waals surface area contributed by atoms with Crippen LogP contribution in [-0.2, 0) is 35.3 Å². The van der Waals surface area contributed by atoms with Crippen molar-refractivity contribution < 1.29 is 33.5 Å². The lowest BCUT2D eigenvalue weighted by Gasteiger charge is -2.37. The zero-order valence-corrected chi connectivity index (χ0v) is 29.0. The normalized spacial score (nSPS) is 20.4. The Morgan fingerprint density at radius 3 is 2.27 bits per heavy atom. The van der Waals surface area contributed by atoms with Crippen molar-refractivity contribution in [2.45, 2.75) is 91.6 Å². The Labute approximate surface area is 283 Å². The Bertz CT molecular complexity index is 1390. The van der Waals surface area contributed by atoms with Crippen LogP contribution >= 0.6 is 0 Å². The van der Waals surface area contributed by atoms with Gasteiger partial charge in [-0.05, 0) is 29.7 Å². The van der Waals surface area contributed by atoms with E-state index in [1.54, 1.807) is 34.6 Å². The van der Waals surface area contributed by atoms with Crippen molar-refractivity contribution in [1.82, 2.24) is 26.2 Å². The van der Waals surface area contributed by atoms with Crippen molar-refractivity contribution >= 4 is 35.5 Å². The van der Waals surface area contributed by atoms with E-state index in [-0.39, 0.29) is 43.9 Å². The van der Waals surface area contributed by atoms with Gasteiger partial charge in [0.1, 0.15) is 24.7 Å². The molecule has 1 heterocycles. The second-order valence-corrected chi connectivity index (χ2v) is 14.0. The van der Waals surface area contributed by atoms with Crippen LogP contribution in [0.4, 0.5) is 4.79 Å². The molecule has 0 spiro atoms. The number of esters is 1. The molecule has 1 aliphatic heterocycles. The van der Waals surface area contributed by atoms with Gasteiger partial charge in [-0.25, -0.2) is 9.59 Å². The van der Waals surface area contributed by atoms with E-state index in [1.165, 1.54) is 11.0 Å². The quantitative estimate of drug-likeness (QED) is 0.127. The molecule has 262 valence electrons. The van der Waals surface area contributed by atoms with Gasteiger partial charge in [0.25, 0.3) is 5.91 Å². The van der Waals surface area contributed by atoms with Crippen LogP contribution in [-0.4, -0.2) is 77.7 Å². The van der Waals surface area contributed by atoms with E-state index in [9.17, 15) is 28.8 Å². The van der Waals surface area contributed by atoms with Gasteiger partial charge in [-0.15, -0.1) is 6.58 Å². The Morgan fingerprint density at radius 2 is 1.71 bits per heavy atom. The highest BCUT2D eigenvalue weighted by Gasteiger charge is 2.55. The highest BCUT2D eigenvalue weighted by Crippen LogP contribution is 2.48. The average molecular weight is 666 g/mol. The molecule has 1 aliphatic carbocycles. The van der Waals surface area contributed by atoms with E-state index in [1.807, 2.05) is 37.3 Å². The molecule has 48 heavy (non-hydrogen) atoms. The smallest absolute Gasteiger partial charge is 0.329 e. The monoisotopic (exact) mass is 665 g/mol. The molecule has 5 amide bonds. The molecule has 1 aromatic rings. The summed E-state index contributed by atoms with van der Waals surface area (Å²) >= 11 is 0. The van der Waals surface area contributed by atoms with Gasteiger partial charge in [0.2, 0.25) is 17.6 Å². The fraction of sp³-hybridized carbons (Fsp3) is 0.556. The number of ketones is 1. The number of benzene rings is 1. The van der Waals surface area contributed by atoms with Gasteiger partial charge in [-0.1, -0.05) is 96.5 Å². The third-order valence-corrected chi connectivity index (χ3v) is 8.89. The van der Waals surface area contributed by atoms with Crippen molar-refractivity contribution in [2.75, 3.05) is 13.1 Å². The Morgan fingerprint density at radius 1 is 1.04 bits per heavy atom. The molecule has 12 nitrogen and oxygen atoms in total. The Balaban J connectivity index is 1.78. The summed E-state index contributed by atoms with van der Waals surface area (Å²) in [6, 6.07) is 4.39. The lowest BCUT2D eigenvalue weighted by Crippen LogP contribution is -2.61. The molecule has 2 fully saturated rings. The fourth-order valence-electron chi connectivity index (χ4n) is 6.12. The van der Waals surface area contributed by atoms with Crippen LogP contribution in [0.5, 0.6) is 0 Å². The number of hydrogen-bond donors (Lipinski definition) is 4. The molecule has 4 N–H and O–H groups in total. The Kier molecular flexibility index (Phi) is 13.1. The molecule has 0 radical (unpaired) electrons. The van der Waals surface area contributed by atoms with Crippen LogP contribution in [0.1, 0.15) is 66.4 Å². The molecule has 1 saturated carbocycles. The second-order valence-electron chi connectivity index (χ2n) is 14.0. The first-order valence-corrected chi connectivity index (χ1v) is 16.6. The summed E-state index contributed by atoms with van der Waals surface area (Å²) < 4.78 is 5.47.